The zero-order valence-electron chi connectivity index (χ0n) is 11.9. The van der Waals surface area contributed by atoms with Crippen LogP contribution in [0.25, 0.3) is 21.8 Å². The first-order valence-electron chi connectivity index (χ1n) is 7.07. The highest BCUT2D eigenvalue weighted by Gasteiger charge is 2.10. The number of halogens is 2. The molecule has 2 aromatic heterocycles. The molecule has 2 aromatic carbocycles. The largest absolute Gasteiger partial charge is 0.340 e. The summed E-state index contributed by atoms with van der Waals surface area (Å²) >= 11 is 9.67. The molecule has 23 heavy (non-hydrogen) atoms. The van der Waals surface area contributed by atoms with Crippen LogP contribution in [0.5, 0.6) is 0 Å². The smallest absolute Gasteiger partial charge is 0.162 e. The molecule has 5 heteroatoms. The van der Waals surface area contributed by atoms with E-state index in [1.165, 1.54) is 0 Å². The molecule has 0 aliphatic heterocycles. The predicted octanol–water partition coefficient (Wildman–Crippen LogP) is 5.94. The first-order valence-corrected chi connectivity index (χ1v) is 8.24. The third-order valence-corrected chi connectivity index (χ3v) is 4.35. The van der Waals surface area contributed by atoms with E-state index in [0.29, 0.717) is 10.7 Å². The fourth-order valence-corrected chi connectivity index (χ4v) is 3.18. The highest BCUT2D eigenvalue weighted by Crippen LogP contribution is 2.32. The topological polar surface area (TPSA) is 37.8 Å². The second kappa shape index (κ2) is 5.80. The van der Waals surface area contributed by atoms with Crippen LogP contribution in [0.2, 0.25) is 5.02 Å². The quantitative estimate of drug-likeness (QED) is 0.434. The van der Waals surface area contributed by atoms with Crippen molar-refractivity contribution in [2.45, 2.75) is 0 Å². The van der Waals surface area contributed by atoms with Crippen LogP contribution in [-0.2, 0) is 0 Å². The molecule has 0 unspecified atom stereocenters. The number of fused-ring (bicyclic) bond motifs is 3. The Hall–Kier alpha value is -2.17. The van der Waals surface area contributed by atoms with E-state index in [0.717, 1.165) is 32.1 Å². The Bertz CT molecular complexity index is 1030. The lowest BCUT2D eigenvalue weighted by atomic mass is 10.1. The van der Waals surface area contributed by atoms with Gasteiger partial charge in [-0.25, -0.2) is 9.97 Å². The summed E-state index contributed by atoms with van der Waals surface area (Å²) in [6.07, 6.45) is 1.74. The summed E-state index contributed by atoms with van der Waals surface area (Å²) in [7, 11) is 0. The Morgan fingerprint density at radius 1 is 0.913 bits per heavy atom. The van der Waals surface area contributed by atoms with Crippen LogP contribution >= 0.6 is 27.5 Å². The van der Waals surface area contributed by atoms with Crippen molar-refractivity contribution in [3.05, 3.63) is 70.3 Å². The van der Waals surface area contributed by atoms with Gasteiger partial charge in [0.15, 0.2) is 5.65 Å². The minimum absolute atomic E-state index is 0.694. The number of hydrogen-bond donors (Lipinski definition) is 1. The van der Waals surface area contributed by atoms with Gasteiger partial charge in [0.05, 0.1) is 0 Å². The van der Waals surface area contributed by atoms with Crippen LogP contribution in [0.1, 0.15) is 0 Å². The average molecular weight is 385 g/mol. The van der Waals surface area contributed by atoms with Crippen molar-refractivity contribution < 1.29 is 0 Å². The van der Waals surface area contributed by atoms with Crippen molar-refractivity contribution in [1.29, 1.82) is 0 Å². The fourth-order valence-electron chi connectivity index (χ4n) is 2.61. The van der Waals surface area contributed by atoms with Crippen LogP contribution in [0, 0.1) is 0 Å². The summed E-state index contributed by atoms with van der Waals surface area (Å²) in [5.74, 6) is 0.765. The summed E-state index contributed by atoms with van der Waals surface area (Å²) in [5, 5.41) is 7.11. The molecule has 3 nitrogen and oxygen atoms in total. The van der Waals surface area contributed by atoms with E-state index in [9.17, 15) is 0 Å². The maximum Gasteiger partial charge on any atom is 0.162 e. The summed E-state index contributed by atoms with van der Waals surface area (Å²) in [5.41, 5.74) is 1.65. The predicted molar refractivity (Wildman–Crippen MR) is 99.5 cm³/mol. The maximum atomic E-state index is 6.18. The van der Waals surface area contributed by atoms with Gasteiger partial charge >= 0.3 is 0 Å². The zero-order valence-corrected chi connectivity index (χ0v) is 14.3. The highest BCUT2D eigenvalue weighted by atomic mass is 79.9. The number of anilines is 2. The molecule has 4 aromatic rings. The second-order valence-corrected chi connectivity index (χ2v) is 6.51. The summed E-state index contributed by atoms with van der Waals surface area (Å²) in [6, 6.07) is 17.7. The lowest BCUT2D eigenvalue weighted by Crippen LogP contribution is -1.97. The molecular weight excluding hydrogens is 374 g/mol. The Balaban J connectivity index is 1.97. The molecular formula is C18H11BrClN3. The standard InChI is InChI=1S/C18H11BrClN3/c19-11-3-1-4-13(9-11)22-18-15-7-6-12(20)10-16(15)14-5-2-8-21-17(14)23-18/h1-10H,(H,21,22,23). The van der Waals surface area contributed by atoms with Gasteiger partial charge in [-0.3, -0.25) is 0 Å². The van der Waals surface area contributed by atoms with Gasteiger partial charge in [-0.15, -0.1) is 0 Å². The highest BCUT2D eigenvalue weighted by molar-refractivity contribution is 9.10. The lowest BCUT2D eigenvalue weighted by molar-refractivity contribution is 1.29. The van der Waals surface area contributed by atoms with Crippen molar-refractivity contribution in [3.63, 3.8) is 0 Å². The molecule has 112 valence electrons. The third kappa shape index (κ3) is 2.76. The number of hydrogen-bond acceptors (Lipinski definition) is 3. The van der Waals surface area contributed by atoms with Crippen molar-refractivity contribution >= 4 is 60.8 Å². The summed E-state index contributed by atoms with van der Waals surface area (Å²) in [4.78, 5) is 9.05. The Labute approximate surface area is 146 Å². The van der Waals surface area contributed by atoms with Gasteiger partial charge in [-0.05, 0) is 53.9 Å². The van der Waals surface area contributed by atoms with Crippen LogP contribution in [-0.4, -0.2) is 9.97 Å². The van der Waals surface area contributed by atoms with Crippen molar-refractivity contribution in [3.8, 4) is 0 Å². The first-order chi connectivity index (χ1) is 11.2. The number of rotatable bonds is 2. The molecule has 0 saturated heterocycles. The molecule has 0 fully saturated rings. The third-order valence-electron chi connectivity index (χ3n) is 3.62. The summed E-state index contributed by atoms with van der Waals surface area (Å²) < 4.78 is 1.01. The second-order valence-electron chi connectivity index (χ2n) is 5.16. The van der Waals surface area contributed by atoms with Gasteiger partial charge in [-0.1, -0.05) is 33.6 Å². The summed E-state index contributed by atoms with van der Waals surface area (Å²) in [6.45, 7) is 0. The molecule has 1 N–H and O–H groups in total. The van der Waals surface area contributed by atoms with Gasteiger partial charge in [-0.2, -0.15) is 0 Å². The molecule has 0 amide bonds. The van der Waals surface area contributed by atoms with E-state index in [-0.39, 0.29) is 0 Å². The van der Waals surface area contributed by atoms with E-state index in [1.807, 2.05) is 54.6 Å². The number of pyridine rings is 2. The monoisotopic (exact) mass is 383 g/mol. The van der Waals surface area contributed by atoms with Crippen LogP contribution in [0.4, 0.5) is 11.5 Å². The van der Waals surface area contributed by atoms with E-state index < -0.39 is 0 Å². The van der Waals surface area contributed by atoms with E-state index in [4.69, 9.17) is 11.6 Å². The number of aromatic nitrogens is 2. The maximum absolute atomic E-state index is 6.18. The van der Waals surface area contributed by atoms with Crippen molar-refractivity contribution in [2.75, 3.05) is 5.32 Å². The van der Waals surface area contributed by atoms with Crippen LogP contribution in [0.3, 0.4) is 0 Å². The number of nitrogens with zero attached hydrogens (tertiary/aromatic N) is 2. The van der Waals surface area contributed by atoms with E-state index >= 15 is 0 Å². The normalized spacial score (nSPS) is 11.0. The SMILES string of the molecule is Clc1ccc2c(Nc3cccc(Br)c3)nc3ncccc3c2c1. The molecule has 2 heterocycles. The first kappa shape index (κ1) is 14.4. The fraction of sp³-hybridized carbons (Fsp3) is 0. The molecule has 0 aliphatic carbocycles. The van der Waals surface area contributed by atoms with Gasteiger partial charge in [0, 0.05) is 32.2 Å². The number of nitrogens with one attached hydrogen (secondary N) is 1. The van der Waals surface area contributed by atoms with Gasteiger partial charge in [0.25, 0.3) is 0 Å². The number of benzene rings is 2. The van der Waals surface area contributed by atoms with Crippen molar-refractivity contribution in [2.24, 2.45) is 0 Å². The molecule has 0 saturated carbocycles. The Morgan fingerprint density at radius 3 is 2.70 bits per heavy atom. The van der Waals surface area contributed by atoms with Gasteiger partial charge in [0.1, 0.15) is 5.82 Å². The Morgan fingerprint density at radius 2 is 1.83 bits per heavy atom. The minimum atomic E-state index is 0.694. The molecule has 0 aliphatic rings. The van der Waals surface area contributed by atoms with Crippen molar-refractivity contribution in [1.82, 2.24) is 9.97 Å². The molecule has 4 rings (SSSR count). The van der Waals surface area contributed by atoms with Gasteiger partial charge < -0.3 is 5.32 Å². The molecule has 0 radical (unpaired) electrons. The van der Waals surface area contributed by atoms with Crippen LogP contribution < -0.4 is 5.32 Å². The molecule has 0 atom stereocenters. The average Bonchev–Trinajstić information content (AvgIpc) is 2.55. The Kier molecular flexibility index (Phi) is 3.63. The molecule has 0 spiro atoms. The molecule has 0 bridgehead atoms. The van der Waals surface area contributed by atoms with Crippen LogP contribution in [0.15, 0.2) is 65.3 Å². The minimum Gasteiger partial charge on any atom is -0.340 e. The van der Waals surface area contributed by atoms with E-state index in [1.54, 1.807) is 6.20 Å². The van der Waals surface area contributed by atoms with E-state index in [2.05, 4.69) is 31.2 Å². The zero-order chi connectivity index (χ0) is 15.8. The lowest BCUT2D eigenvalue weighted by Gasteiger charge is -2.11. The van der Waals surface area contributed by atoms with Gasteiger partial charge in [0.2, 0.25) is 0 Å².